The molecule has 0 saturated carbocycles. The zero-order chi connectivity index (χ0) is 20.5. The van der Waals surface area contributed by atoms with Crippen molar-refractivity contribution >= 4 is 29.8 Å². The van der Waals surface area contributed by atoms with E-state index < -0.39 is 11.9 Å². The van der Waals surface area contributed by atoms with Crippen molar-refractivity contribution in [1.82, 2.24) is 0 Å². The van der Waals surface area contributed by atoms with Crippen LogP contribution in [-0.2, 0) is 20.9 Å². The Morgan fingerprint density at radius 2 is 1.64 bits per heavy atom. The number of rotatable bonds is 8. The van der Waals surface area contributed by atoms with Crippen LogP contribution in [0.5, 0.6) is 17.2 Å². The normalized spacial score (nSPS) is 10.6. The number of thioether (sulfide) groups is 1. The number of hydrogen-bond acceptors (Lipinski definition) is 7. The lowest BCUT2D eigenvalue weighted by Gasteiger charge is -2.13. The maximum atomic E-state index is 12.0. The molecule has 7 heteroatoms. The van der Waals surface area contributed by atoms with Gasteiger partial charge in [-0.1, -0.05) is 12.1 Å². The summed E-state index contributed by atoms with van der Waals surface area (Å²) in [5.74, 6) is -0.149. The molecule has 2 rings (SSSR count). The summed E-state index contributed by atoms with van der Waals surface area (Å²) in [4.78, 5) is 24.4. The van der Waals surface area contributed by atoms with E-state index >= 15 is 0 Å². The molecule has 0 saturated heterocycles. The predicted octanol–water partition coefficient (Wildman–Crippen LogP) is 4.11. The number of methoxy groups -OCH3 is 2. The first kappa shape index (κ1) is 21.4. The molecule has 0 heterocycles. The Kier molecular flexibility index (Phi) is 7.95. The van der Waals surface area contributed by atoms with Gasteiger partial charge in [-0.05, 0) is 47.7 Å². The van der Waals surface area contributed by atoms with Crippen LogP contribution in [0.4, 0.5) is 0 Å². The van der Waals surface area contributed by atoms with E-state index in [1.54, 1.807) is 30.0 Å². The van der Waals surface area contributed by atoms with Crippen molar-refractivity contribution in [3.63, 3.8) is 0 Å². The Bertz CT molecular complexity index is 833. The van der Waals surface area contributed by atoms with Crippen molar-refractivity contribution in [3.05, 3.63) is 53.6 Å². The fourth-order valence-corrected chi connectivity index (χ4v) is 2.74. The lowest BCUT2D eigenvalue weighted by molar-refractivity contribution is -0.139. The van der Waals surface area contributed by atoms with Crippen molar-refractivity contribution in [2.45, 2.75) is 18.4 Å². The summed E-state index contributed by atoms with van der Waals surface area (Å²) in [7, 11) is 2.90. The number of ether oxygens (including phenoxy) is 4. The van der Waals surface area contributed by atoms with Crippen molar-refractivity contribution in [3.8, 4) is 17.2 Å². The van der Waals surface area contributed by atoms with Crippen LogP contribution in [0.3, 0.4) is 0 Å². The van der Waals surface area contributed by atoms with Crippen LogP contribution in [0.2, 0.25) is 0 Å². The minimum atomic E-state index is -0.492. The average Bonchev–Trinajstić information content (AvgIpc) is 2.71. The average molecular weight is 402 g/mol. The third kappa shape index (κ3) is 6.06. The highest BCUT2D eigenvalue weighted by molar-refractivity contribution is 7.98. The zero-order valence-corrected chi connectivity index (χ0v) is 17.0. The fourth-order valence-electron chi connectivity index (χ4n) is 2.33. The highest BCUT2D eigenvalue weighted by Gasteiger charge is 2.15. The number of carbonyl (C=O) groups is 2. The molecular formula is C21H22O6S. The number of benzene rings is 2. The van der Waals surface area contributed by atoms with Gasteiger partial charge in [0, 0.05) is 17.9 Å². The molecule has 0 aliphatic carbocycles. The molecule has 0 fully saturated rings. The SMILES string of the molecule is COc1cc(C=CC(=O)OCc2ccc(SC)cc2)cc(OC)c1OC(C)=O. The quantitative estimate of drug-likeness (QED) is 0.285. The van der Waals surface area contributed by atoms with E-state index in [4.69, 9.17) is 18.9 Å². The third-order valence-electron chi connectivity index (χ3n) is 3.68. The second-order valence-corrected chi connectivity index (χ2v) is 6.52. The molecule has 0 amide bonds. The molecular weight excluding hydrogens is 380 g/mol. The van der Waals surface area contributed by atoms with Crippen LogP contribution >= 0.6 is 11.8 Å². The molecule has 0 aromatic heterocycles. The van der Waals surface area contributed by atoms with Crippen LogP contribution < -0.4 is 14.2 Å². The first-order valence-corrected chi connectivity index (χ1v) is 9.61. The van der Waals surface area contributed by atoms with Gasteiger partial charge in [-0.15, -0.1) is 11.8 Å². The largest absolute Gasteiger partial charge is 0.493 e. The number of esters is 2. The van der Waals surface area contributed by atoms with E-state index in [0.29, 0.717) is 17.1 Å². The first-order valence-electron chi connectivity index (χ1n) is 8.39. The molecule has 148 valence electrons. The summed E-state index contributed by atoms with van der Waals surface area (Å²) in [6.07, 6.45) is 4.89. The second-order valence-electron chi connectivity index (χ2n) is 5.64. The van der Waals surface area contributed by atoms with Gasteiger partial charge in [0.2, 0.25) is 5.75 Å². The second kappa shape index (κ2) is 10.4. The fraction of sp³-hybridized carbons (Fsp3) is 0.238. The summed E-state index contributed by atoms with van der Waals surface area (Å²) in [5, 5.41) is 0. The summed E-state index contributed by atoms with van der Waals surface area (Å²) in [6, 6.07) is 11.1. The first-order chi connectivity index (χ1) is 13.5. The molecule has 0 aliphatic heterocycles. The van der Waals surface area contributed by atoms with Gasteiger partial charge in [0.25, 0.3) is 0 Å². The van der Waals surface area contributed by atoms with Gasteiger partial charge in [-0.3, -0.25) is 4.79 Å². The Balaban J connectivity index is 2.07. The van der Waals surface area contributed by atoms with Crippen LogP contribution in [0.1, 0.15) is 18.1 Å². The molecule has 0 atom stereocenters. The monoisotopic (exact) mass is 402 g/mol. The van der Waals surface area contributed by atoms with Crippen LogP contribution in [-0.4, -0.2) is 32.4 Å². The molecule has 28 heavy (non-hydrogen) atoms. The highest BCUT2D eigenvalue weighted by Crippen LogP contribution is 2.39. The van der Waals surface area contributed by atoms with Crippen molar-refractivity contribution in [2.24, 2.45) is 0 Å². The maximum Gasteiger partial charge on any atom is 0.331 e. The summed E-state index contributed by atoms with van der Waals surface area (Å²) < 4.78 is 20.9. The molecule has 0 unspecified atom stereocenters. The molecule has 0 aliphatic rings. The Morgan fingerprint density at radius 3 is 2.14 bits per heavy atom. The summed E-state index contributed by atoms with van der Waals surface area (Å²) in [5.41, 5.74) is 1.54. The summed E-state index contributed by atoms with van der Waals surface area (Å²) >= 11 is 1.65. The van der Waals surface area contributed by atoms with E-state index in [1.807, 2.05) is 30.5 Å². The van der Waals surface area contributed by atoms with Gasteiger partial charge in [-0.2, -0.15) is 0 Å². The van der Waals surface area contributed by atoms with Gasteiger partial charge in [0.15, 0.2) is 11.5 Å². The summed E-state index contributed by atoms with van der Waals surface area (Å²) in [6.45, 7) is 1.48. The molecule has 6 nitrogen and oxygen atoms in total. The predicted molar refractivity (Wildman–Crippen MR) is 108 cm³/mol. The minimum Gasteiger partial charge on any atom is -0.493 e. The molecule has 2 aromatic rings. The van der Waals surface area contributed by atoms with Gasteiger partial charge in [-0.25, -0.2) is 4.79 Å². The molecule has 0 bridgehead atoms. The van der Waals surface area contributed by atoms with Gasteiger partial charge in [0.05, 0.1) is 14.2 Å². The van der Waals surface area contributed by atoms with E-state index in [9.17, 15) is 9.59 Å². The number of hydrogen-bond donors (Lipinski definition) is 0. The maximum absolute atomic E-state index is 12.0. The van der Waals surface area contributed by atoms with Crippen molar-refractivity contribution < 1.29 is 28.5 Å². The highest BCUT2D eigenvalue weighted by atomic mass is 32.2. The van der Waals surface area contributed by atoms with Crippen LogP contribution in [0, 0.1) is 0 Å². The minimum absolute atomic E-state index is 0.186. The van der Waals surface area contributed by atoms with Gasteiger partial charge in [0.1, 0.15) is 6.61 Å². The van der Waals surface area contributed by atoms with Crippen molar-refractivity contribution in [1.29, 1.82) is 0 Å². The van der Waals surface area contributed by atoms with Gasteiger partial charge < -0.3 is 18.9 Å². The van der Waals surface area contributed by atoms with Gasteiger partial charge >= 0.3 is 11.9 Å². The Morgan fingerprint density at radius 1 is 1.04 bits per heavy atom. The van der Waals surface area contributed by atoms with Crippen LogP contribution in [0.25, 0.3) is 6.08 Å². The molecule has 0 N–H and O–H groups in total. The number of carbonyl (C=O) groups excluding carboxylic acids is 2. The Labute approximate surface area is 168 Å². The van der Waals surface area contributed by atoms with E-state index in [-0.39, 0.29) is 12.4 Å². The third-order valence-corrected chi connectivity index (χ3v) is 4.42. The topological polar surface area (TPSA) is 71.1 Å². The van der Waals surface area contributed by atoms with E-state index in [2.05, 4.69) is 0 Å². The zero-order valence-electron chi connectivity index (χ0n) is 16.2. The molecule has 0 radical (unpaired) electrons. The lowest BCUT2D eigenvalue weighted by atomic mass is 10.1. The molecule has 2 aromatic carbocycles. The van der Waals surface area contributed by atoms with E-state index in [1.165, 1.54) is 27.2 Å². The van der Waals surface area contributed by atoms with Crippen LogP contribution in [0.15, 0.2) is 47.4 Å². The lowest BCUT2D eigenvalue weighted by Crippen LogP contribution is -2.05. The van der Waals surface area contributed by atoms with Crippen molar-refractivity contribution in [2.75, 3.05) is 20.5 Å². The van der Waals surface area contributed by atoms with E-state index in [0.717, 1.165) is 10.5 Å². The standard InChI is InChI=1S/C21H22O6S/c1-14(22)27-21-18(24-2)11-16(12-19(21)25-3)7-10-20(23)26-13-15-5-8-17(28-4)9-6-15/h5-12H,13H2,1-4H3. The Hall–Kier alpha value is -2.93. The smallest absolute Gasteiger partial charge is 0.331 e. The molecule has 0 spiro atoms.